The predicted molar refractivity (Wildman–Crippen MR) is 46.3 cm³/mol. The van der Waals surface area contributed by atoms with Crippen molar-refractivity contribution in [2.45, 2.75) is 12.8 Å². The average molecular weight is 165 g/mol. The van der Waals surface area contributed by atoms with E-state index in [1.54, 1.807) is 13.2 Å². The minimum atomic E-state index is -0.0211. The lowest BCUT2D eigenvalue weighted by Crippen LogP contribution is -2.27. The first-order valence-electron chi connectivity index (χ1n) is 4.08. The maximum absolute atomic E-state index is 11.5. The van der Waals surface area contributed by atoms with Gasteiger partial charge in [-0.25, -0.2) is 4.68 Å². The number of aromatic nitrogens is 2. The molecule has 0 spiro atoms. The molecule has 0 atom stereocenters. The summed E-state index contributed by atoms with van der Waals surface area (Å²) in [4.78, 5) is 11.5. The topological polar surface area (TPSA) is 46.9 Å². The molecule has 64 valence electrons. The number of nitrogens with one attached hydrogen (secondary N) is 1. The summed E-state index contributed by atoms with van der Waals surface area (Å²) < 4.78 is 1.36. The van der Waals surface area contributed by atoms with Crippen molar-refractivity contribution in [1.29, 1.82) is 0 Å². The third kappa shape index (κ3) is 0.995. The van der Waals surface area contributed by atoms with Crippen molar-refractivity contribution in [3.05, 3.63) is 22.1 Å². The molecule has 4 nitrogen and oxygen atoms in total. The second kappa shape index (κ2) is 2.62. The van der Waals surface area contributed by atoms with Gasteiger partial charge in [-0.2, -0.15) is 5.10 Å². The summed E-state index contributed by atoms with van der Waals surface area (Å²) in [6, 6.07) is 0. The van der Waals surface area contributed by atoms with Crippen LogP contribution in [0, 0.1) is 0 Å². The molecule has 0 bridgehead atoms. The van der Waals surface area contributed by atoms with Gasteiger partial charge in [0.1, 0.15) is 5.69 Å². The SMILES string of the molecule is Cn1ncc2c(c1=O)NCCC2. The molecule has 12 heavy (non-hydrogen) atoms. The van der Waals surface area contributed by atoms with Gasteiger partial charge in [-0.05, 0) is 12.8 Å². The molecule has 0 saturated heterocycles. The van der Waals surface area contributed by atoms with Gasteiger partial charge in [0.25, 0.3) is 5.56 Å². The molecular weight excluding hydrogens is 154 g/mol. The number of aryl methyl sites for hydroxylation is 2. The summed E-state index contributed by atoms with van der Waals surface area (Å²) in [5.41, 5.74) is 1.76. The lowest BCUT2D eigenvalue weighted by molar-refractivity contribution is 0.686. The van der Waals surface area contributed by atoms with Crippen LogP contribution in [0.15, 0.2) is 11.0 Å². The Morgan fingerprint density at radius 3 is 3.33 bits per heavy atom. The van der Waals surface area contributed by atoms with Crippen LogP contribution in [0.1, 0.15) is 12.0 Å². The maximum Gasteiger partial charge on any atom is 0.290 e. The summed E-state index contributed by atoms with van der Waals surface area (Å²) in [6.45, 7) is 0.895. The Morgan fingerprint density at radius 1 is 1.67 bits per heavy atom. The van der Waals surface area contributed by atoms with E-state index in [0.29, 0.717) is 0 Å². The largest absolute Gasteiger partial charge is 0.380 e. The summed E-state index contributed by atoms with van der Waals surface area (Å²) in [7, 11) is 1.67. The van der Waals surface area contributed by atoms with Gasteiger partial charge in [-0.15, -0.1) is 0 Å². The van der Waals surface area contributed by atoms with Gasteiger partial charge in [0.15, 0.2) is 0 Å². The zero-order chi connectivity index (χ0) is 8.55. The summed E-state index contributed by atoms with van der Waals surface area (Å²) in [5, 5.41) is 7.05. The molecule has 0 amide bonds. The standard InChI is InChI=1S/C8H11N3O/c1-11-8(12)7-6(5-10-11)3-2-4-9-7/h5,9H,2-4H2,1H3. The molecule has 0 aliphatic carbocycles. The van der Waals surface area contributed by atoms with Crippen molar-refractivity contribution in [1.82, 2.24) is 9.78 Å². The number of anilines is 1. The Kier molecular flexibility index (Phi) is 1.60. The average Bonchev–Trinajstić information content (AvgIpc) is 2.12. The Hall–Kier alpha value is -1.32. The van der Waals surface area contributed by atoms with E-state index in [1.165, 1.54) is 4.68 Å². The first kappa shape index (κ1) is 7.34. The molecule has 2 rings (SSSR count). The van der Waals surface area contributed by atoms with E-state index in [1.807, 2.05) is 0 Å². The number of fused-ring (bicyclic) bond motifs is 1. The van der Waals surface area contributed by atoms with Crippen LogP contribution in [0.25, 0.3) is 0 Å². The predicted octanol–water partition coefficient (Wildman–Crippen LogP) is 0.138. The van der Waals surface area contributed by atoms with Gasteiger partial charge in [0.2, 0.25) is 0 Å². The molecule has 0 radical (unpaired) electrons. The van der Waals surface area contributed by atoms with Gasteiger partial charge < -0.3 is 5.32 Å². The second-order valence-corrected chi connectivity index (χ2v) is 3.00. The van der Waals surface area contributed by atoms with Crippen LogP contribution in [-0.2, 0) is 13.5 Å². The molecular formula is C8H11N3O. The van der Waals surface area contributed by atoms with Crippen molar-refractivity contribution in [2.75, 3.05) is 11.9 Å². The van der Waals surface area contributed by atoms with Crippen LogP contribution in [0.3, 0.4) is 0 Å². The number of hydrogen-bond donors (Lipinski definition) is 1. The number of hydrogen-bond acceptors (Lipinski definition) is 3. The lowest BCUT2D eigenvalue weighted by atomic mass is 10.1. The minimum Gasteiger partial charge on any atom is -0.380 e. The van der Waals surface area contributed by atoms with Crippen LogP contribution in [0.5, 0.6) is 0 Å². The lowest BCUT2D eigenvalue weighted by Gasteiger charge is -2.16. The van der Waals surface area contributed by atoms with E-state index in [2.05, 4.69) is 10.4 Å². The van der Waals surface area contributed by atoms with Gasteiger partial charge >= 0.3 is 0 Å². The van der Waals surface area contributed by atoms with E-state index >= 15 is 0 Å². The first-order valence-corrected chi connectivity index (χ1v) is 4.08. The minimum absolute atomic E-state index is 0.0211. The quantitative estimate of drug-likeness (QED) is 0.594. The van der Waals surface area contributed by atoms with Gasteiger partial charge in [-0.3, -0.25) is 4.79 Å². The fourth-order valence-corrected chi connectivity index (χ4v) is 1.44. The highest BCUT2D eigenvalue weighted by Crippen LogP contribution is 2.14. The van der Waals surface area contributed by atoms with Crippen LogP contribution >= 0.6 is 0 Å². The normalized spacial score (nSPS) is 15.1. The Morgan fingerprint density at radius 2 is 2.50 bits per heavy atom. The Balaban J connectivity index is 2.62. The van der Waals surface area contributed by atoms with Crippen LogP contribution in [0.2, 0.25) is 0 Å². The molecule has 1 aliphatic rings. The third-order valence-electron chi connectivity index (χ3n) is 2.14. The molecule has 4 heteroatoms. The highest BCUT2D eigenvalue weighted by atomic mass is 16.1. The van der Waals surface area contributed by atoms with Crippen molar-refractivity contribution in [2.24, 2.45) is 7.05 Å². The van der Waals surface area contributed by atoms with E-state index in [9.17, 15) is 4.79 Å². The van der Waals surface area contributed by atoms with Crippen LogP contribution < -0.4 is 10.9 Å². The van der Waals surface area contributed by atoms with Crippen molar-refractivity contribution in [3.8, 4) is 0 Å². The van der Waals surface area contributed by atoms with Gasteiger partial charge in [0, 0.05) is 19.2 Å². The van der Waals surface area contributed by atoms with Crippen LogP contribution in [-0.4, -0.2) is 16.3 Å². The van der Waals surface area contributed by atoms with E-state index in [4.69, 9.17) is 0 Å². The molecule has 1 aromatic rings. The van der Waals surface area contributed by atoms with Gasteiger partial charge in [0.05, 0.1) is 6.20 Å². The highest BCUT2D eigenvalue weighted by Gasteiger charge is 2.12. The first-order chi connectivity index (χ1) is 5.79. The zero-order valence-corrected chi connectivity index (χ0v) is 7.00. The molecule has 0 saturated carbocycles. The fraction of sp³-hybridized carbons (Fsp3) is 0.500. The van der Waals surface area contributed by atoms with Crippen molar-refractivity contribution < 1.29 is 0 Å². The van der Waals surface area contributed by atoms with Crippen LogP contribution in [0.4, 0.5) is 5.69 Å². The highest BCUT2D eigenvalue weighted by molar-refractivity contribution is 5.49. The summed E-state index contributed by atoms with van der Waals surface area (Å²) >= 11 is 0. The zero-order valence-electron chi connectivity index (χ0n) is 7.00. The molecule has 0 unspecified atom stereocenters. The summed E-state index contributed by atoms with van der Waals surface area (Å²) in [6.07, 6.45) is 3.82. The van der Waals surface area contributed by atoms with Gasteiger partial charge in [-0.1, -0.05) is 0 Å². The van der Waals surface area contributed by atoms with E-state index in [0.717, 1.165) is 30.6 Å². The van der Waals surface area contributed by atoms with Crippen molar-refractivity contribution in [3.63, 3.8) is 0 Å². The number of rotatable bonds is 0. The third-order valence-corrected chi connectivity index (χ3v) is 2.14. The fourth-order valence-electron chi connectivity index (χ4n) is 1.44. The summed E-state index contributed by atoms with van der Waals surface area (Å²) in [5.74, 6) is 0. The smallest absolute Gasteiger partial charge is 0.290 e. The monoisotopic (exact) mass is 165 g/mol. The molecule has 2 heterocycles. The van der Waals surface area contributed by atoms with E-state index in [-0.39, 0.29) is 5.56 Å². The Labute approximate surface area is 70.2 Å². The molecule has 0 fully saturated rings. The Bertz CT molecular complexity index is 356. The maximum atomic E-state index is 11.5. The van der Waals surface area contributed by atoms with E-state index < -0.39 is 0 Å². The molecule has 1 N–H and O–H groups in total. The van der Waals surface area contributed by atoms with Crippen molar-refractivity contribution >= 4 is 5.69 Å². The molecule has 0 aromatic carbocycles. The molecule has 1 aliphatic heterocycles. The number of nitrogens with zero attached hydrogens (tertiary/aromatic N) is 2. The molecule has 1 aromatic heterocycles. The second-order valence-electron chi connectivity index (χ2n) is 3.00.